The molecule has 154 valence electrons. The average Bonchev–Trinajstić information content (AvgIpc) is 2.68. The third kappa shape index (κ3) is 5.55. The minimum Gasteiger partial charge on any atom is -0.332 e. The molecule has 1 heterocycles. The molecule has 0 radical (unpaired) electrons. The first-order chi connectivity index (χ1) is 13.7. The molecule has 1 saturated heterocycles. The Labute approximate surface area is 173 Å². The van der Waals surface area contributed by atoms with E-state index in [2.05, 4.69) is 15.5 Å². The monoisotopic (exact) mass is 421 g/mol. The molecular formula is C21H22F3N3OS. The molecule has 8 heteroatoms. The summed E-state index contributed by atoms with van der Waals surface area (Å²) in [5.74, 6) is 0.0771. The van der Waals surface area contributed by atoms with Crippen molar-refractivity contribution >= 4 is 34.5 Å². The lowest BCUT2D eigenvalue weighted by molar-refractivity contribution is -0.136. The molecule has 29 heavy (non-hydrogen) atoms. The Bertz CT molecular complexity index is 893. The molecule has 2 aromatic carbocycles. The van der Waals surface area contributed by atoms with E-state index in [9.17, 15) is 18.0 Å². The molecule has 0 aliphatic carbocycles. The number of hydrogen-bond donors (Lipinski definition) is 2. The van der Waals surface area contributed by atoms with Gasteiger partial charge in [0.1, 0.15) is 0 Å². The van der Waals surface area contributed by atoms with Gasteiger partial charge in [0.15, 0.2) is 10.9 Å². The quantitative estimate of drug-likeness (QED) is 0.535. The summed E-state index contributed by atoms with van der Waals surface area (Å²) in [5.41, 5.74) is 0.195. The number of carbonyl (C=O) groups is 1. The molecule has 2 aromatic rings. The fourth-order valence-corrected chi connectivity index (χ4v) is 3.61. The van der Waals surface area contributed by atoms with E-state index in [4.69, 9.17) is 12.2 Å². The Balaban J connectivity index is 1.68. The van der Waals surface area contributed by atoms with E-state index in [1.165, 1.54) is 18.2 Å². The number of ketones is 1. The third-order valence-corrected chi connectivity index (χ3v) is 5.18. The van der Waals surface area contributed by atoms with Gasteiger partial charge in [0.05, 0.1) is 11.3 Å². The van der Waals surface area contributed by atoms with Gasteiger partial charge in [-0.2, -0.15) is 13.2 Å². The van der Waals surface area contributed by atoms with Crippen LogP contribution in [0, 0.1) is 5.92 Å². The number of para-hydroxylation sites is 1. The van der Waals surface area contributed by atoms with Crippen LogP contribution in [0.15, 0.2) is 48.5 Å². The number of nitrogens with zero attached hydrogens (tertiary/aromatic N) is 1. The lowest BCUT2D eigenvalue weighted by atomic mass is 9.89. The van der Waals surface area contributed by atoms with Crippen molar-refractivity contribution in [3.8, 4) is 0 Å². The topological polar surface area (TPSA) is 44.4 Å². The van der Waals surface area contributed by atoms with Gasteiger partial charge in [0.25, 0.3) is 0 Å². The second kappa shape index (κ2) is 8.92. The van der Waals surface area contributed by atoms with Crippen LogP contribution in [0.3, 0.4) is 0 Å². The first kappa shape index (κ1) is 21.3. The van der Waals surface area contributed by atoms with Crippen LogP contribution in [0.2, 0.25) is 0 Å². The molecule has 0 spiro atoms. The zero-order chi connectivity index (χ0) is 21.0. The molecule has 0 aromatic heterocycles. The summed E-state index contributed by atoms with van der Waals surface area (Å²) in [7, 11) is 2.04. The van der Waals surface area contributed by atoms with Crippen LogP contribution in [0.5, 0.6) is 0 Å². The van der Waals surface area contributed by atoms with Gasteiger partial charge in [-0.1, -0.05) is 24.3 Å². The van der Waals surface area contributed by atoms with Gasteiger partial charge >= 0.3 is 6.18 Å². The van der Waals surface area contributed by atoms with Gasteiger partial charge in [-0.15, -0.1) is 0 Å². The molecule has 3 rings (SSSR count). The third-order valence-electron chi connectivity index (χ3n) is 4.97. The van der Waals surface area contributed by atoms with E-state index in [0.29, 0.717) is 11.3 Å². The lowest BCUT2D eigenvalue weighted by Crippen LogP contribution is -2.33. The van der Waals surface area contributed by atoms with Crippen molar-refractivity contribution < 1.29 is 18.0 Å². The van der Waals surface area contributed by atoms with E-state index in [-0.39, 0.29) is 22.5 Å². The molecule has 0 amide bonds. The number of carbonyl (C=O) groups excluding carboxylic acids is 1. The van der Waals surface area contributed by atoms with Crippen LogP contribution in [0.1, 0.15) is 28.8 Å². The first-order valence-electron chi connectivity index (χ1n) is 9.31. The Kier molecular flexibility index (Phi) is 6.54. The van der Waals surface area contributed by atoms with Crippen LogP contribution in [0.4, 0.5) is 24.5 Å². The minimum absolute atomic E-state index is 0.00908. The van der Waals surface area contributed by atoms with Crippen molar-refractivity contribution in [2.45, 2.75) is 19.0 Å². The lowest BCUT2D eigenvalue weighted by Gasteiger charge is -2.28. The van der Waals surface area contributed by atoms with E-state index >= 15 is 0 Å². The Morgan fingerprint density at radius 3 is 2.45 bits per heavy atom. The summed E-state index contributed by atoms with van der Waals surface area (Å²) in [6.07, 6.45) is -2.85. The number of piperidine rings is 1. The number of thiocarbonyl (C=S) groups is 1. The fraction of sp³-hybridized carbons (Fsp3) is 0.333. The smallest absolute Gasteiger partial charge is 0.332 e. The van der Waals surface area contributed by atoms with Crippen LogP contribution in [-0.4, -0.2) is 35.9 Å². The van der Waals surface area contributed by atoms with Crippen LogP contribution in [0.25, 0.3) is 0 Å². The molecule has 0 saturated carbocycles. The molecule has 1 fully saturated rings. The summed E-state index contributed by atoms with van der Waals surface area (Å²) in [5, 5.41) is 5.48. The first-order valence-corrected chi connectivity index (χ1v) is 9.72. The second-order valence-corrected chi connectivity index (χ2v) is 7.55. The standard InChI is InChI=1S/C21H22F3N3OS/c1-27-11-9-14(10-12-27)19(28)15-5-4-6-16(13-15)25-20(29)26-18-8-3-2-7-17(18)21(22,23)24/h2-8,13-14H,9-12H2,1H3,(H2,25,26,29). The summed E-state index contributed by atoms with van der Waals surface area (Å²) in [6.45, 7) is 1.78. The SMILES string of the molecule is CN1CCC(C(=O)c2cccc(NC(=S)Nc3ccccc3C(F)(F)F)c2)CC1. The van der Waals surface area contributed by atoms with E-state index in [0.717, 1.165) is 32.0 Å². The van der Waals surface area contributed by atoms with Gasteiger partial charge < -0.3 is 15.5 Å². The predicted octanol–water partition coefficient (Wildman–Crippen LogP) is 5.04. The number of rotatable bonds is 4. The maximum Gasteiger partial charge on any atom is 0.418 e. The Morgan fingerprint density at radius 1 is 1.07 bits per heavy atom. The second-order valence-electron chi connectivity index (χ2n) is 7.15. The van der Waals surface area contributed by atoms with Crippen molar-refractivity contribution in [3.63, 3.8) is 0 Å². The fourth-order valence-electron chi connectivity index (χ4n) is 3.38. The van der Waals surface area contributed by atoms with Crippen LogP contribution < -0.4 is 10.6 Å². The molecule has 4 nitrogen and oxygen atoms in total. The van der Waals surface area contributed by atoms with Crippen molar-refractivity contribution in [1.29, 1.82) is 0 Å². The van der Waals surface area contributed by atoms with Crippen molar-refractivity contribution in [2.24, 2.45) is 5.92 Å². The van der Waals surface area contributed by atoms with Gasteiger partial charge in [-0.25, -0.2) is 0 Å². The number of likely N-dealkylation sites (tertiary alicyclic amines) is 1. The van der Waals surface area contributed by atoms with Gasteiger partial charge in [0.2, 0.25) is 0 Å². The summed E-state index contributed by atoms with van der Waals surface area (Å²) in [4.78, 5) is 15.0. The zero-order valence-corrected chi connectivity index (χ0v) is 16.7. The number of hydrogen-bond acceptors (Lipinski definition) is 3. The van der Waals surface area contributed by atoms with E-state index in [1.54, 1.807) is 24.3 Å². The van der Waals surface area contributed by atoms with Crippen LogP contribution >= 0.6 is 12.2 Å². The average molecular weight is 421 g/mol. The highest BCUT2D eigenvalue weighted by atomic mass is 32.1. The predicted molar refractivity (Wildman–Crippen MR) is 112 cm³/mol. The van der Waals surface area contributed by atoms with Gasteiger partial charge in [-0.05, 0) is 69.5 Å². The van der Waals surface area contributed by atoms with E-state index in [1.807, 2.05) is 7.05 Å². The van der Waals surface area contributed by atoms with Crippen molar-refractivity contribution in [3.05, 3.63) is 59.7 Å². The largest absolute Gasteiger partial charge is 0.418 e. The zero-order valence-electron chi connectivity index (χ0n) is 15.9. The number of halogens is 3. The number of alkyl halides is 3. The molecule has 0 bridgehead atoms. The molecule has 0 unspecified atom stereocenters. The molecule has 1 aliphatic heterocycles. The van der Waals surface area contributed by atoms with Gasteiger partial charge in [0, 0.05) is 17.2 Å². The Morgan fingerprint density at radius 2 is 1.76 bits per heavy atom. The van der Waals surface area contributed by atoms with Gasteiger partial charge in [-0.3, -0.25) is 4.79 Å². The van der Waals surface area contributed by atoms with E-state index < -0.39 is 11.7 Å². The summed E-state index contributed by atoms with van der Waals surface area (Å²) in [6, 6.07) is 12.0. The normalized spacial score (nSPS) is 15.7. The van der Waals surface area contributed by atoms with Crippen molar-refractivity contribution in [1.82, 2.24) is 4.90 Å². The number of benzene rings is 2. The minimum atomic E-state index is -4.49. The van der Waals surface area contributed by atoms with Crippen LogP contribution in [-0.2, 0) is 6.18 Å². The highest BCUT2D eigenvalue weighted by Gasteiger charge is 2.33. The summed E-state index contributed by atoms with van der Waals surface area (Å²) < 4.78 is 39.4. The molecule has 1 aliphatic rings. The highest BCUT2D eigenvalue weighted by Crippen LogP contribution is 2.34. The maximum absolute atomic E-state index is 13.1. The maximum atomic E-state index is 13.1. The molecular weight excluding hydrogens is 399 g/mol. The van der Waals surface area contributed by atoms with Crippen molar-refractivity contribution in [2.75, 3.05) is 30.8 Å². The number of anilines is 2. The molecule has 2 N–H and O–H groups in total. The Hall–Kier alpha value is -2.45. The highest BCUT2D eigenvalue weighted by molar-refractivity contribution is 7.80. The number of nitrogens with one attached hydrogen (secondary N) is 2. The molecule has 0 atom stereocenters. The number of Topliss-reactive ketones (excluding diaryl/α,β-unsaturated/α-hetero) is 1. The summed E-state index contributed by atoms with van der Waals surface area (Å²) >= 11 is 5.17.